The van der Waals surface area contributed by atoms with E-state index in [4.69, 9.17) is 12.2 Å². The molecular weight excluding hydrogens is 146 g/mol. The summed E-state index contributed by atoms with van der Waals surface area (Å²) in [5, 5.41) is 0. The molecule has 1 aliphatic carbocycles. The predicted molar refractivity (Wildman–Crippen MR) is 49.7 cm³/mol. The Morgan fingerprint density at radius 3 is 2.67 bits per heavy atom. The van der Waals surface area contributed by atoms with Crippen LogP contribution in [0, 0.1) is 12.3 Å². The molecular formula is C11H11N. The molecule has 1 heteroatoms. The van der Waals surface area contributed by atoms with E-state index in [0.29, 0.717) is 12.0 Å². The second kappa shape index (κ2) is 2.66. The Hall–Kier alpha value is -1.26. The van der Waals surface area contributed by atoms with E-state index in [1.165, 1.54) is 5.56 Å². The summed E-state index contributed by atoms with van der Waals surface area (Å²) in [6, 6.07) is 8.36. The molecule has 60 valence electrons. The van der Waals surface area contributed by atoms with E-state index in [-0.39, 0.29) is 0 Å². The predicted octanol–water partition coefficient (Wildman–Crippen LogP) is 1.48. The monoisotopic (exact) mass is 157 g/mol. The SMILES string of the molecule is C#Cc1ccccc1[C@@H]1C[C@H]1N. The summed E-state index contributed by atoms with van der Waals surface area (Å²) in [7, 11) is 0. The third-order valence-electron chi connectivity index (χ3n) is 2.36. The van der Waals surface area contributed by atoms with Crippen LogP contribution >= 0.6 is 0 Å². The molecule has 1 fully saturated rings. The van der Waals surface area contributed by atoms with Crippen LogP contribution in [-0.4, -0.2) is 6.04 Å². The lowest BCUT2D eigenvalue weighted by atomic mass is 10.0. The van der Waals surface area contributed by atoms with Gasteiger partial charge in [-0.15, -0.1) is 6.42 Å². The molecule has 1 aromatic carbocycles. The van der Waals surface area contributed by atoms with E-state index in [1.807, 2.05) is 18.2 Å². The van der Waals surface area contributed by atoms with E-state index >= 15 is 0 Å². The summed E-state index contributed by atoms with van der Waals surface area (Å²) in [6.45, 7) is 0. The second-order valence-electron chi connectivity index (χ2n) is 3.24. The van der Waals surface area contributed by atoms with E-state index in [1.54, 1.807) is 0 Å². The molecule has 2 atom stereocenters. The highest BCUT2D eigenvalue weighted by Crippen LogP contribution is 2.40. The van der Waals surface area contributed by atoms with Crippen molar-refractivity contribution in [1.82, 2.24) is 0 Å². The summed E-state index contributed by atoms with van der Waals surface area (Å²) < 4.78 is 0. The topological polar surface area (TPSA) is 26.0 Å². The first-order valence-corrected chi connectivity index (χ1v) is 4.14. The smallest absolute Gasteiger partial charge is 0.0278 e. The van der Waals surface area contributed by atoms with Crippen molar-refractivity contribution in [3.8, 4) is 12.3 Å². The molecule has 12 heavy (non-hydrogen) atoms. The molecule has 0 radical (unpaired) electrons. The molecule has 0 bridgehead atoms. The van der Waals surface area contributed by atoms with Gasteiger partial charge in [0.25, 0.3) is 0 Å². The van der Waals surface area contributed by atoms with Crippen molar-refractivity contribution in [2.75, 3.05) is 0 Å². The Kier molecular flexibility index (Phi) is 1.64. The number of terminal acetylenes is 1. The zero-order valence-electron chi connectivity index (χ0n) is 6.83. The van der Waals surface area contributed by atoms with Crippen molar-refractivity contribution in [3.63, 3.8) is 0 Å². The van der Waals surface area contributed by atoms with Crippen molar-refractivity contribution < 1.29 is 0 Å². The molecule has 1 aromatic rings. The van der Waals surface area contributed by atoms with Gasteiger partial charge in [-0.1, -0.05) is 24.1 Å². The van der Waals surface area contributed by atoms with Crippen molar-refractivity contribution in [2.45, 2.75) is 18.4 Å². The molecule has 0 unspecified atom stereocenters. The summed E-state index contributed by atoms with van der Waals surface area (Å²) >= 11 is 0. The number of benzene rings is 1. The van der Waals surface area contributed by atoms with Crippen LogP contribution in [0.25, 0.3) is 0 Å². The number of hydrogen-bond donors (Lipinski definition) is 1. The minimum Gasteiger partial charge on any atom is -0.327 e. The van der Waals surface area contributed by atoms with E-state index in [9.17, 15) is 0 Å². The summed E-state index contributed by atoms with van der Waals surface area (Å²) in [5.74, 6) is 3.19. The molecule has 0 heterocycles. The zero-order chi connectivity index (χ0) is 8.55. The van der Waals surface area contributed by atoms with Crippen molar-refractivity contribution in [1.29, 1.82) is 0 Å². The third-order valence-corrected chi connectivity index (χ3v) is 2.36. The van der Waals surface area contributed by atoms with Gasteiger partial charge in [-0.3, -0.25) is 0 Å². The number of rotatable bonds is 1. The molecule has 1 saturated carbocycles. The minimum absolute atomic E-state index is 0.333. The standard InChI is InChI=1S/C11H11N/c1-2-8-5-3-4-6-9(8)10-7-11(10)12/h1,3-6,10-11H,7,12H2/t10-,11+/m0/s1. The van der Waals surface area contributed by atoms with Crippen molar-refractivity contribution >= 4 is 0 Å². The number of hydrogen-bond acceptors (Lipinski definition) is 1. The van der Waals surface area contributed by atoms with Crippen LogP contribution in [-0.2, 0) is 0 Å². The molecule has 1 nitrogen and oxygen atoms in total. The maximum atomic E-state index is 5.75. The lowest BCUT2D eigenvalue weighted by Gasteiger charge is -2.01. The Morgan fingerprint density at radius 1 is 1.42 bits per heavy atom. The molecule has 2 rings (SSSR count). The maximum Gasteiger partial charge on any atom is 0.0278 e. The largest absolute Gasteiger partial charge is 0.327 e. The van der Waals surface area contributed by atoms with E-state index < -0.39 is 0 Å². The normalized spacial score (nSPS) is 26.3. The van der Waals surface area contributed by atoms with Gasteiger partial charge in [-0.2, -0.15) is 0 Å². The van der Waals surface area contributed by atoms with Crippen molar-refractivity contribution in [3.05, 3.63) is 35.4 Å². The fraction of sp³-hybridized carbons (Fsp3) is 0.273. The number of nitrogens with two attached hydrogens (primary N) is 1. The first kappa shape index (κ1) is 7.39. The molecule has 0 amide bonds. The lowest BCUT2D eigenvalue weighted by Crippen LogP contribution is -2.01. The first-order valence-electron chi connectivity index (χ1n) is 4.14. The fourth-order valence-electron chi connectivity index (χ4n) is 1.52. The van der Waals surface area contributed by atoms with Gasteiger partial charge in [0.1, 0.15) is 0 Å². The first-order chi connectivity index (χ1) is 5.83. The third kappa shape index (κ3) is 1.11. The highest BCUT2D eigenvalue weighted by molar-refractivity contribution is 5.44. The van der Waals surface area contributed by atoms with Crippen LogP contribution in [0.4, 0.5) is 0 Å². The molecule has 0 spiro atoms. The molecule has 2 N–H and O–H groups in total. The fourth-order valence-corrected chi connectivity index (χ4v) is 1.52. The van der Waals surface area contributed by atoms with Gasteiger partial charge in [0.05, 0.1) is 0 Å². The van der Waals surface area contributed by atoms with Gasteiger partial charge in [-0.25, -0.2) is 0 Å². The van der Waals surface area contributed by atoms with Gasteiger partial charge in [0.15, 0.2) is 0 Å². The van der Waals surface area contributed by atoms with Gasteiger partial charge < -0.3 is 5.73 Å². The van der Waals surface area contributed by atoms with Gasteiger partial charge in [-0.05, 0) is 18.1 Å². The Bertz CT molecular complexity index is 335. The highest BCUT2D eigenvalue weighted by atomic mass is 14.7. The molecule has 0 aromatic heterocycles. The van der Waals surface area contributed by atoms with Crippen molar-refractivity contribution in [2.24, 2.45) is 5.73 Å². The molecule has 1 aliphatic rings. The summed E-state index contributed by atoms with van der Waals surface area (Å²) in [6.07, 6.45) is 6.45. The van der Waals surface area contributed by atoms with Crippen LogP contribution in [0.2, 0.25) is 0 Å². The molecule has 0 aliphatic heterocycles. The Balaban J connectivity index is 2.38. The summed E-state index contributed by atoms with van der Waals surface area (Å²) in [5.41, 5.74) is 7.99. The van der Waals surface area contributed by atoms with Crippen LogP contribution in [0.3, 0.4) is 0 Å². The van der Waals surface area contributed by atoms with E-state index in [2.05, 4.69) is 12.0 Å². The Morgan fingerprint density at radius 2 is 2.08 bits per heavy atom. The van der Waals surface area contributed by atoms with Crippen LogP contribution in [0.1, 0.15) is 23.5 Å². The van der Waals surface area contributed by atoms with Crippen LogP contribution in [0.15, 0.2) is 24.3 Å². The average Bonchev–Trinajstić information content (AvgIpc) is 2.83. The van der Waals surface area contributed by atoms with E-state index in [0.717, 1.165) is 12.0 Å². The van der Waals surface area contributed by atoms with Crippen LogP contribution < -0.4 is 5.73 Å². The zero-order valence-corrected chi connectivity index (χ0v) is 6.83. The molecule has 0 saturated heterocycles. The van der Waals surface area contributed by atoms with Crippen LogP contribution in [0.5, 0.6) is 0 Å². The lowest BCUT2D eigenvalue weighted by molar-refractivity contribution is 0.987. The minimum atomic E-state index is 0.333. The van der Waals surface area contributed by atoms with Gasteiger partial charge in [0, 0.05) is 17.5 Å². The summed E-state index contributed by atoms with van der Waals surface area (Å²) in [4.78, 5) is 0. The quantitative estimate of drug-likeness (QED) is 0.614. The Labute approximate surface area is 72.6 Å². The average molecular weight is 157 g/mol. The van der Waals surface area contributed by atoms with Gasteiger partial charge >= 0.3 is 0 Å². The second-order valence-corrected chi connectivity index (χ2v) is 3.24. The highest BCUT2D eigenvalue weighted by Gasteiger charge is 2.35. The maximum absolute atomic E-state index is 5.75. The van der Waals surface area contributed by atoms with Gasteiger partial charge in [0.2, 0.25) is 0 Å².